The van der Waals surface area contributed by atoms with Crippen LogP contribution in [0.25, 0.3) is 22.3 Å². The van der Waals surface area contributed by atoms with Crippen molar-refractivity contribution < 1.29 is 61.1 Å². The Morgan fingerprint density at radius 3 is 1.21 bits per heavy atom. The molecule has 0 aromatic heterocycles. The van der Waals surface area contributed by atoms with Gasteiger partial charge in [0.1, 0.15) is 36.2 Å². The van der Waals surface area contributed by atoms with Gasteiger partial charge >= 0.3 is 23.9 Å². The molecule has 5 aromatic carbocycles. The Morgan fingerprint density at radius 1 is 0.435 bits per heavy atom. The van der Waals surface area contributed by atoms with Crippen LogP contribution in [0.15, 0.2) is 152 Å². The van der Waals surface area contributed by atoms with Crippen LogP contribution in [-0.4, -0.2) is 44.2 Å². The summed E-state index contributed by atoms with van der Waals surface area (Å²) in [6.45, 7) is 20.3. The van der Waals surface area contributed by atoms with Crippen LogP contribution in [0.1, 0.15) is 27.7 Å². The first kappa shape index (κ1) is 46.9. The maximum Gasteiger partial charge on any atom is 0.338 e. The van der Waals surface area contributed by atoms with Crippen LogP contribution < -0.4 is 33.2 Å². The van der Waals surface area contributed by atoms with Crippen LogP contribution in [0.5, 0.6) is 40.2 Å². The van der Waals surface area contributed by atoms with E-state index in [0.717, 1.165) is 23.3 Å². The highest BCUT2D eigenvalue weighted by atomic mass is 19.1. The summed E-state index contributed by atoms with van der Waals surface area (Å²) in [4.78, 5) is 46.3. The summed E-state index contributed by atoms with van der Waals surface area (Å²) < 4.78 is 65.8. The summed E-state index contributed by atoms with van der Waals surface area (Å²) in [7, 11) is 1.50. The first-order chi connectivity index (χ1) is 29.4. The molecule has 13 heteroatoms. The van der Waals surface area contributed by atoms with E-state index >= 15 is 0 Å². The van der Waals surface area contributed by atoms with Gasteiger partial charge in [0.25, 0.3) is 0 Å². The quantitative estimate of drug-likeness (QED) is 0.0407. The molecule has 0 unspecified atom stereocenters. The molecular weight excluding hydrogens is 803 g/mol. The number of methoxy groups -OCH3 is 1. The third-order valence-corrected chi connectivity index (χ3v) is 8.19. The first-order valence-electron chi connectivity index (χ1n) is 18.7. The number of hydrogen-bond acceptors (Lipinski definition) is 11. The van der Waals surface area contributed by atoms with Crippen molar-refractivity contribution in [3.05, 3.63) is 163 Å². The third kappa shape index (κ3) is 13.6. The number of rotatable bonds is 16. The van der Waals surface area contributed by atoms with Crippen LogP contribution >= 0.6 is 0 Å². The molecule has 320 valence electrons. The molecule has 11 nitrogen and oxygen atoms in total. The van der Waals surface area contributed by atoms with Crippen molar-refractivity contribution in [1.29, 1.82) is 0 Å². The van der Waals surface area contributed by atoms with Gasteiger partial charge in [-0.1, -0.05) is 56.6 Å². The molecule has 0 bridgehead atoms. The zero-order valence-corrected chi connectivity index (χ0v) is 34.8. The number of carbonyl (C=O) groups is 4. The van der Waals surface area contributed by atoms with Gasteiger partial charge in [-0.15, -0.1) is 0 Å². The fourth-order valence-electron chi connectivity index (χ4n) is 4.90. The summed E-state index contributed by atoms with van der Waals surface area (Å²) in [5.74, 6) is -2.08. The van der Waals surface area contributed by atoms with E-state index in [-0.39, 0.29) is 30.1 Å². The average Bonchev–Trinajstić information content (AvgIpc) is 3.24. The normalized spacial score (nSPS) is 10.2. The van der Waals surface area contributed by atoms with Crippen LogP contribution in [0.2, 0.25) is 0 Å². The Kier molecular flexibility index (Phi) is 16.6. The molecule has 0 atom stereocenters. The smallest absolute Gasteiger partial charge is 0.338 e. The molecule has 0 aliphatic heterocycles. The highest BCUT2D eigenvalue weighted by molar-refractivity contribution is 5.90. The fraction of sp³-hybridized carbons (Fsp3) is 0.143. The largest absolute Gasteiger partial charge is 0.493 e. The predicted octanol–water partition coefficient (Wildman–Crippen LogP) is 10.4. The molecule has 0 radical (unpaired) electrons. The van der Waals surface area contributed by atoms with Crippen molar-refractivity contribution in [1.82, 2.24) is 0 Å². The van der Waals surface area contributed by atoms with Gasteiger partial charge in [-0.05, 0) is 123 Å². The average molecular weight is 847 g/mol. The summed E-state index contributed by atoms with van der Waals surface area (Å²) >= 11 is 0. The van der Waals surface area contributed by atoms with Gasteiger partial charge < -0.3 is 33.2 Å². The van der Waals surface area contributed by atoms with Crippen LogP contribution in [0, 0.1) is 11.6 Å². The van der Waals surface area contributed by atoms with Gasteiger partial charge in [0.05, 0.1) is 7.11 Å². The molecule has 0 saturated heterocycles. The lowest BCUT2D eigenvalue weighted by atomic mass is 10.0. The Hall–Kier alpha value is -7.80. The zero-order valence-electron chi connectivity index (χ0n) is 34.8. The highest BCUT2D eigenvalue weighted by Crippen LogP contribution is 2.34. The number of esters is 4. The van der Waals surface area contributed by atoms with E-state index in [9.17, 15) is 28.0 Å². The Bertz CT molecular complexity index is 2460. The van der Waals surface area contributed by atoms with E-state index < -0.39 is 41.3 Å². The summed E-state index contributed by atoms with van der Waals surface area (Å²) in [5, 5.41) is 0. The van der Waals surface area contributed by atoms with E-state index in [1.807, 2.05) is 12.1 Å². The van der Waals surface area contributed by atoms with Crippen LogP contribution in [0.3, 0.4) is 0 Å². The molecule has 0 amide bonds. The lowest BCUT2D eigenvalue weighted by Crippen LogP contribution is -2.11. The third-order valence-electron chi connectivity index (χ3n) is 8.19. The zero-order chi connectivity index (χ0) is 45.5. The lowest BCUT2D eigenvalue weighted by molar-refractivity contribution is -0.131. The first-order valence-corrected chi connectivity index (χ1v) is 18.7. The fourth-order valence-corrected chi connectivity index (χ4v) is 4.90. The Labute approximate surface area is 358 Å². The molecule has 62 heavy (non-hydrogen) atoms. The minimum absolute atomic E-state index is 0.0237. The second-order valence-electron chi connectivity index (χ2n) is 13.5. The molecule has 5 aromatic rings. The van der Waals surface area contributed by atoms with Gasteiger partial charge in [0.2, 0.25) is 0 Å². The monoisotopic (exact) mass is 846 g/mol. The van der Waals surface area contributed by atoms with Gasteiger partial charge in [0.15, 0.2) is 28.9 Å². The van der Waals surface area contributed by atoms with Crippen molar-refractivity contribution in [2.24, 2.45) is 0 Å². The highest BCUT2D eigenvalue weighted by Gasteiger charge is 2.16. The number of hydrogen-bond donors (Lipinski definition) is 0. The number of halogens is 2. The number of carbonyl (C=O) groups excluding carboxylic acids is 4. The Balaban J connectivity index is 0.000000287. The molecule has 5 rings (SSSR count). The molecule has 0 N–H and O–H groups in total. The van der Waals surface area contributed by atoms with E-state index in [4.69, 9.17) is 33.2 Å². The Morgan fingerprint density at radius 2 is 0.790 bits per heavy atom. The van der Waals surface area contributed by atoms with Crippen molar-refractivity contribution in [3.8, 4) is 62.5 Å². The van der Waals surface area contributed by atoms with Crippen LogP contribution in [-0.2, 0) is 19.2 Å². The maximum atomic E-state index is 14.6. The van der Waals surface area contributed by atoms with Gasteiger partial charge in [-0.25, -0.2) is 28.0 Å². The molecule has 0 saturated carbocycles. The molecule has 0 spiro atoms. The lowest BCUT2D eigenvalue weighted by Gasteiger charge is -2.12. The second kappa shape index (κ2) is 22.0. The molecule has 0 aliphatic carbocycles. The second-order valence-corrected chi connectivity index (χ2v) is 13.5. The molecule has 0 heterocycles. The molecule has 0 aliphatic rings. The van der Waals surface area contributed by atoms with E-state index in [2.05, 4.69) is 26.3 Å². The minimum atomic E-state index is -0.869. The van der Waals surface area contributed by atoms with Crippen LogP contribution in [0.4, 0.5) is 8.78 Å². The van der Waals surface area contributed by atoms with E-state index in [0.29, 0.717) is 51.0 Å². The summed E-state index contributed by atoms with van der Waals surface area (Å²) in [6, 6.07) is 27.0. The summed E-state index contributed by atoms with van der Waals surface area (Å²) in [5.41, 5.74) is 3.72. The molecule has 0 fully saturated rings. The van der Waals surface area contributed by atoms with Crippen molar-refractivity contribution in [3.63, 3.8) is 0 Å². The maximum absolute atomic E-state index is 14.6. The topological polar surface area (TPSA) is 133 Å². The van der Waals surface area contributed by atoms with E-state index in [1.165, 1.54) is 26.2 Å². The SMILES string of the molecule is C=C(C)C(=O)Oc1ccc(-c2ccc(OC(=O)C(=C)C)c(OC)c2)cc1.C=C(C)C(=O)Oc1ccc(OCCOc2c(F)cc(-c3ccc(OC(=O)C(=C)C)cc3)cc2F)cc1. The van der Waals surface area contributed by atoms with Crippen molar-refractivity contribution in [2.45, 2.75) is 27.7 Å². The van der Waals surface area contributed by atoms with Gasteiger partial charge in [0, 0.05) is 22.3 Å². The molecular formula is C49H44F2O11. The van der Waals surface area contributed by atoms with Crippen molar-refractivity contribution >= 4 is 23.9 Å². The van der Waals surface area contributed by atoms with Crippen molar-refractivity contribution in [2.75, 3.05) is 20.3 Å². The number of ether oxygens (including phenoxy) is 7. The minimum Gasteiger partial charge on any atom is -0.493 e. The summed E-state index contributed by atoms with van der Waals surface area (Å²) in [6.07, 6.45) is 0. The van der Waals surface area contributed by atoms with Gasteiger partial charge in [-0.3, -0.25) is 0 Å². The predicted molar refractivity (Wildman–Crippen MR) is 229 cm³/mol. The van der Waals surface area contributed by atoms with Gasteiger partial charge in [-0.2, -0.15) is 0 Å². The number of benzene rings is 5. The standard InChI is InChI=1S/C28H24F2O6.C21H20O5/c1-17(2)27(31)35-22-7-5-19(6-8-22)20-15-24(29)26(25(30)16-20)34-14-13-33-21-9-11-23(12-10-21)36-28(32)18(3)4;1-13(2)20(22)25-17-9-6-15(7-10-17)16-8-11-18(19(12-16)24-5)26-21(23)14(3)4/h5-12,15-16H,1,3,13-14H2,2,4H3;6-12H,1,3H2,2,4-5H3. The van der Waals surface area contributed by atoms with E-state index in [1.54, 1.807) is 87.5 Å².